The van der Waals surface area contributed by atoms with E-state index in [1.807, 2.05) is 111 Å². The van der Waals surface area contributed by atoms with Gasteiger partial charge in [0.2, 0.25) is 0 Å². The number of rotatable bonds is 0. The molecular formula is C84H70OS. The fourth-order valence-corrected chi connectivity index (χ4v) is 11.5. The van der Waals surface area contributed by atoms with E-state index in [4.69, 9.17) is 4.42 Å². The molecule has 0 bridgehead atoms. The van der Waals surface area contributed by atoms with Gasteiger partial charge in [-0.1, -0.05) is 265 Å². The second-order valence-corrected chi connectivity index (χ2v) is 21.8. The number of fused-ring (bicyclic) bond motifs is 11. The highest BCUT2D eigenvalue weighted by Crippen LogP contribution is 2.35. The van der Waals surface area contributed by atoms with Gasteiger partial charge in [-0.3, -0.25) is 0 Å². The summed E-state index contributed by atoms with van der Waals surface area (Å²) in [6.07, 6.45) is 0. The van der Waals surface area contributed by atoms with E-state index in [2.05, 4.69) is 270 Å². The molecule has 0 amide bonds. The molecule has 0 aliphatic heterocycles. The predicted octanol–water partition coefficient (Wildman–Crippen LogP) is 23.3. The molecule has 0 saturated carbocycles. The third kappa shape index (κ3) is 15.6. The normalized spacial score (nSPS) is 10.0. The zero-order valence-electron chi connectivity index (χ0n) is 50.4. The van der Waals surface area contributed by atoms with E-state index < -0.39 is 0 Å². The molecule has 86 heavy (non-hydrogen) atoms. The fraction of sp³-hybridized carbons (Fsp3) is 0.0952. The summed E-state index contributed by atoms with van der Waals surface area (Å²) in [4.78, 5) is 0. The van der Waals surface area contributed by atoms with Crippen LogP contribution in [0.15, 0.2) is 283 Å². The second-order valence-electron chi connectivity index (χ2n) is 20.8. The molecule has 0 atom stereocenters. The third-order valence-electron chi connectivity index (χ3n) is 14.5. The van der Waals surface area contributed by atoms with Gasteiger partial charge < -0.3 is 4.42 Å². The smallest absolute Gasteiger partial charge is 0.138 e. The average Bonchev–Trinajstić information content (AvgIpc) is 1.96. The molecule has 418 valence electrons. The lowest BCUT2D eigenvalue weighted by molar-refractivity contribution is 0.666. The molecule has 15 rings (SSSR count). The van der Waals surface area contributed by atoms with Crippen LogP contribution in [0.2, 0.25) is 0 Å². The van der Waals surface area contributed by atoms with Crippen molar-refractivity contribution < 1.29 is 4.42 Å². The standard InChI is InChI=1S/C15H12.C13H10O.C13H10S.2C13H10.C9H8.C8H10/c1-11-10-12-6-2-3-8-14(12)15-9-5-4-7-13(11)15;2*1-9-5-4-7-11-10-6-2-3-8-12(10)14-13(9)11;1-2-6-11-8-5-9-12-7-3-4-10-13(11)12;1-2-5-11-8-9-12-6-3-4-7-13(12)10-11;1-2-6-9-7-4-3-5-8-9;1-7-4-3-5-8(2)6-7/h2-10H,1H3;2*2-8H,1H3;3-5,7-10H,1H3;3-4,6-10H,1H3;3-5,7-8H,1H3;3-6H,1-2H3. The van der Waals surface area contributed by atoms with E-state index >= 15 is 0 Å². The highest BCUT2D eigenvalue weighted by molar-refractivity contribution is 7.26. The van der Waals surface area contributed by atoms with Crippen molar-refractivity contribution in [2.24, 2.45) is 0 Å². The van der Waals surface area contributed by atoms with Crippen molar-refractivity contribution in [3.05, 3.63) is 324 Å². The van der Waals surface area contributed by atoms with Crippen LogP contribution in [0.1, 0.15) is 65.3 Å². The number of thiophene rings is 1. The second kappa shape index (κ2) is 30.2. The van der Waals surface area contributed by atoms with Gasteiger partial charge in [-0.05, 0) is 158 Å². The summed E-state index contributed by atoms with van der Waals surface area (Å²) in [5, 5.41) is 15.6. The van der Waals surface area contributed by atoms with Gasteiger partial charge in [-0.15, -0.1) is 29.1 Å². The Morgan fingerprint density at radius 3 is 1.50 bits per heavy atom. The van der Waals surface area contributed by atoms with Crippen molar-refractivity contribution in [1.29, 1.82) is 0 Å². The maximum atomic E-state index is 5.78. The quantitative estimate of drug-likeness (QED) is 0.109. The summed E-state index contributed by atoms with van der Waals surface area (Å²) in [6.45, 7) is 16.2. The predicted molar refractivity (Wildman–Crippen MR) is 377 cm³/mol. The van der Waals surface area contributed by atoms with E-state index in [0.29, 0.717) is 0 Å². The van der Waals surface area contributed by atoms with E-state index in [0.717, 1.165) is 27.9 Å². The summed E-state index contributed by atoms with van der Waals surface area (Å²) in [5.74, 6) is 17.8. The Morgan fingerprint density at radius 1 is 0.291 bits per heavy atom. The molecule has 0 spiro atoms. The van der Waals surface area contributed by atoms with Gasteiger partial charge >= 0.3 is 0 Å². The van der Waals surface area contributed by atoms with Crippen LogP contribution in [0, 0.1) is 70.1 Å². The first-order valence-corrected chi connectivity index (χ1v) is 29.9. The molecule has 0 radical (unpaired) electrons. The first-order chi connectivity index (χ1) is 42.1. The Balaban J connectivity index is 0.000000121. The first kappa shape index (κ1) is 60.2. The molecular weight excluding hydrogens is 1060 g/mol. The van der Waals surface area contributed by atoms with Crippen molar-refractivity contribution >= 4 is 96.5 Å². The van der Waals surface area contributed by atoms with E-state index in [1.54, 1.807) is 0 Å². The first-order valence-electron chi connectivity index (χ1n) is 29.1. The minimum absolute atomic E-state index is 0.969. The molecule has 2 heterocycles. The Hall–Kier alpha value is -10.4. The Labute approximate surface area is 512 Å². The van der Waals surface area contributed by atoms with Crippen LogP contribution < -0.4 is 0 Å². The average molecular weight is 1130 g/mol. The van der Waals surface area contributed by atoms with Gasteiger partial charge in [0.25, 0.3) is 0 Å². The van der Waals surface area contributed by atoms with Gasteiger partial charge in [-0.2, -0.15) is 0 Å². The van der Waals surface area contributed by atoms with Crippen molar-refractivity contribution in [2.75, 3.05) is 0 Å². The maximum absolute atomic E-state index is 5.78. The van der Waals surface area contributed by atoms with Crippen LogP contribution in [-0.2, 0) is 0 Å². The number of hydrogen-bond acceptors (Lipinski definition) is 2. The Kier molecular flexibility index (Phi) is 21.2. The van der Waals surface area contributed by atoms with Crippen LogP contribution in [-0.4, -0.2) is 0 Å². The van der Waals surface area contributed by atoms with Crippen molar-refractivity contribution in [2.45, 2.75) is 55.4 Å². The fourth-order valence-electron chi connectivity index (χ4n) is 10.4. The number of furan rings is 1. The van der Waals surface area contributed by atoms with E-state index in [-0.39, 0.29) is 0 Å². The molecule has 0 aliphatic carbocycles. The minimum Gasteiger partial charge on any atom is -0.456 e. The molecule has 0 unspecified atom stereocenters. The molecule has 15 aromatic rings. The van der Waals surface area contributed by atoms with E-state index in [9.17, 15) is 0 Å². The van der Waals surface area contributed by atoms with Crippen LogP contribution in [0.5, 0.6) is 0 Å². The lowest BCUT2D eigenvalue weighted by Gasteiger charge is -2.06. The van der Waals surface area contributed by atoms with Gasteiger partial charge in [0.1, 0.15) is 11.2 Å². The molecule has 0 fully saturated rings. The van der Waals surface area contributed by atoms with Gasteiger partial charge in [-0.25, -0.2) is 0 Å². The van der Waals surface area contributed by atoms with Crippen molar-refractivity contribution in [3.8, 4) is 35.5 Å². The Bertz CT molecular complexity index is 4800. The molecule has 0 aliphatic rings. The topological polar surface area (TPSA) is 13.1 Å². The molecule has 2 heteroatoms. The number of benzene rings is 13. The third-order valence-corrected chi connectivity index (χ3v) is 15.8. The summed E-state index contributed by atoms with van der Waals surface area (Å²) in [5.41, 5.74) is 11.9. The largest absolute Gasteiger partial charge is 0.456 e. The number of hydrogen-bond donors (Lipinski definition) is 0. The molecule has 0 saturated heterocycles. The molecule has 1 nitrogen and oxygen atoms in total. The molecule has 2 aromatic heterocycles. The highest BCUT2D eigenvalue weighted by Gasteiger charge is 2.08. The zero-order chi connectivity index (χ0) is 60.0. The SMILES string of the molecule is CC#Cc1ccc2ccccc2c1.CC#Cc1cccc2ccccc12.CC#Cc1ccccc1.Cc1cc2ccccc2c2ccccc12.Cc1cccc(C)c1.Cc1cccc2c1oc1ccccc12.Cc1cccc2c1sc1ccccc12. The molecule has 13 aromatic carbocycles. The number of para-hydroxylation sites is 2. The lowest BCUT2D eigenvalue weighted by Crippen LogP contribution is -1.81. The van der Waals surface area contributed by atoms with Crippen LogP contribution >= 0.6 is 11.3 Å². The van der Waals surface area contributed by atoms with Gasteiger partial charge in [0.15, 0.2) is 0 Å². The van der Waals surface area contributed by atoms with Crippen LogP contribution in [0.3, 0.4) is 0 Å². The minimum atomic E-state index is 0.969. The highest BCUT2D eigenvalue weighted by atomic mass is 32.1. The summed E-state index contributed by atoms with van der Waals surface area (Å²) in [6, 6.07) is 96.5. The number of aryl methyl sites for hydroxylation is 5. The summed E-state index contributed by atoms with van der Waals surface area (Å²) in [7, 11) is 0. The molecule has 0 N–H and O–H groups in total. The van der Waals surface area contributed by atoms with Crippen molar-refractivity contribution in [1.82, 2.24) is 0 Å². The van der Waals surface area contributed by atoms with Crippen LogP contribution in [0.4, 0.5) is 0 Å². The summed E-state index contributed by atoms with van der Waals surface area (Å²) < 4.78 is 8.59. The zero-order valence-corrected chi connectivity index (χ0v) is 51.2. The van der Waals surface area contributed by atoms with E-state index in [1.165, 1.54) is 102 Å². The Morgan fingerprint density at radius 2 is 0.802 bits per heavy atom. The summed E-state index contributed by atoms with van der Waals surface area (Å²) >= 11 is 1.89. The van der Waals surface area contributed by atoms with Crippen molar-refractivity contribution in [3.63, 3.8) is 0 Å². The van der Waals surface area contributed by atoms with Gasteiger partial charge in [0.05, 0.1) is 0 Å². The van der Waals surface area contributed by atoms with Crippen LogP contribution in [0.25, 0.3) is 85.2 Å². The lowest BCUT2D eigenvalue weighted by atomic mass is 9.98. The monoisotopic (exact) mass is 1130 g/mol. The van der Waals surface area contributed by atoms with Gasteiger partial charge in [0, 0.05) is 47.6 Å². The maximum Gasteiger partial charge on any atom is 0.138 e.